The molecule has 0 radical (unpaired) electrons. The Labute approximate surface area is 75.7 Å². The number of hydrogen-bond acceptors (Lipinski definition) is 0. The molecule has 3 aliphatic carbocycles. The van der Waals surface area contributed by atoms with Crippen LogP contribution in [-0.4, -0.2) is 0 Å². The van der Waals surface area contributed by atoms with Gasteiger partial charge in [0.25, 0.3) is 0 Å². The van der Waals surface area contributed by atoms with Crippen molar-refractivity contribution in [3.05, 3.63) is 0 Å². The molecule has 68 valence electrons. The van der Waals surface area contributed by atoms with Crippen LogP contribution in [0.5, 0.6) is 0 Å². The predicted octanol–water partition coefficient (Wildman–Crippen LogP) is 3.61. The molecule has 0 amide bonds. The van der Waals surface area contributed by atoms with Gasteiger partial charge in [0.1, 0.15) is 0 Å². The van der Waals surface area contributed by atoms with E-state index in [-0.39, 0.29) is 0 Å². The zero-order chi connectivity index (χ0) is 8.40. The van der Waals surface area contributed by atoms with Crippen LogP contribution >= 0.6 is 0 Å². The van der Waals surface area contributed by atoms with E-state index in [1.807, 2.05) is 0 Å². The summed E-state index contributed by atoms with van der Waals surface area (Å²) in [4.78, 5) is 0. The van der Waals surface area contributed by atoms with Gasteiger partial charge in [0.05, 0.1) is 0 Å². The standard InChI is InChI=1S/C12H20/c1-9-10(11(2)5-6-11)3-4-12(9)7-8-12/h9-10H,3-8H2,1-2H3. The van der Waals surface area contributed by atoms with Gasteiger partial charge in [-0.25, -0.2) is 0 Å². The topological polar surface area (TPSA) is 0 Å². The Morgan fingerprint density at radius 3 is 2.08 bits per heavy atom. The first kappa shape index (κ1) is 7.41. The highest BCUT2D eigenvalue weighted by molar-refractivity contribution is 5.10. The highest BCUT2D eigenvalue weighted by atomic mass is 14.6. The van der Waals surface area contributed by atoms with Crippen LogP contribution in [0.2, 0.25) is 0 Å². The van der Waals surface area contributed by atoms with Gasteiger partial charge in [-0.3, -0.25) is 0 Å². The van der Waals surface area contributed by atoms with E-state index in [0.717, 1.165) is 22.7 Å². The minimum atomic E-state index is 0.797. The molecule has 0 heteroatoms. The van der Waals surface area contributed by atoms with Crippen LogP contribution in [0.4, 0.5) is 0 Å². The second-order valence-corrected chi connectivity index (χ2v) is 5.95. The second-order valence-electron chi connectivity index (χ2n) is 5.95. The first-order valence-corrected chi connectivity index (χ1v) is 5.66. The minimum Gasteiger partial charge on any atom is -0.0617 e. The number of rotatable bonds is 1. The Balaban J connectivity index is 1.81. The van der Waals surface area contributed by atoms with E-state index in [0.29, 0.717) is 0 Å². The van der Waals surface area contributed by atoms with E-state index in [2.05, 4.69) is 13.8 Å². The second kappa shape index (κ2) is 1.91. The van der Waals surface area contributed by atoms with E-state index in [4.69, 9.17) is 0 Å². The van der Waals surface area contributed by atoms with Crippen LogP contribution < -0.4 is 0 Å². The van der Waals surface area contributed by atoms with Crippen LogP contribution in [0.25, 0.3) is 0 Å². The van der Waals surface area contributed by atoms with E-state index >= 15 is 0 Å². The molecule has 1 spiro atoms. The average molecular weight is 164 g/mol. The zero-order valence-electron chi connectivity index (χ0n) is 8.40. The Kier molecular flexibility index (Phi) is 1.18. The molecule has 3 saturated carbocycles. The predicted molar refractivity (Wildman–Crippen MR) is 50.9 cm³/mol. The molecule has 2 unspecified atom stereocenters. The summed E-state index contributed by atoms with van der Waals surface area (Å²) in [5.41, 5.74) is 1.67. The molecule has 0 saturated heterocycles. The van der Waals surface area contributed by atoms with Gasteiger partial charge in [-0.15, -0.1) is 0 Å². The molecule has 0 aromatic rings. The molecular weight excluding hydrogens is 144 g/mol. The zero-order valence-corrected chi connectivity index (χ0v) is 8.40. The molecule has 0 aromatic heterocycles. The molecule has 12 heavy (non-hydrogen) atoms. The van der Waals surface area contributed by atoms with Gasteiger partial charge in [0, 0.05) is 0 Å². The third-order valence-electron chi connectivity index (χ3n) is 5.35. The first-order chi connectivity index (χ1) is 5.66. The minimum absolute atomic E-state index is 0.797. The fraction of sp³-hybridized carbons (Fsp3) is 1.00. The van der Waals surface area contributed by atoms with Gasteiger partial charge in [0.2, 0.25) is 0 Å². The monoisotopic (exact) mass is 164 g/mol. The summed E-state index contributed by atoms with van der Waals surface area (Å²) in [6, 6.07) is 0. The van der Waals surface area contributed by atoms with Gasteiger partial charge in [-0.1, -0.05) is 13.8 Å². The third-order valence-corrected chi connectivity index (χ3v) is 5.35. The van der Waals surface area contributed by atoms with Crippen molar-refractivity contribution in [2.75, 3.05) is 0 Å². The Bertz CT molecular complexity index is 208. The van der Waals surface area contributed by atoms with E-state index in [1.54, 1.807) is 25.7 Å². The summed E-state index contributed by atoms with van der Waals surface area (Å²) in [7, 11) is 0. The highest BCUT2D eigenvalue weighted by Gasteiger charge is 2.60. The molecule has 0 aromatic carbocycles. The normalized spacial score (nSPS) is 46.5. The van der Waals surface area contributed by atoms with Gasteiger partial charge in [-0.2, -0.15) is 0 Å². The van der Waals surface area contributed by atoms with Crippen LogP contribution in [0, 0.1) is 22.7 Å². The highest BCUT2D eigenvalue weighted by Crippen LogP contribution is 2.69. The van der Waals surface area contributed by atoms with Crippen LogP contribution in [0.15, 0.2) is 0 Å². The molecule has 2 atom stereocenters. The fourth-order valence-corrected chi connectivity index (χ4v) is 3.73. The smallest absolute Gasteiger partial charge is 0.0268 e. The van der Waals surface area contributed by atoms with Crippen LogP contribution in [0.1, 0.15) is 52.4 Å². The van der Waals surface area contributed by atoms with Crippen molar-refractivity contribution in [1.29, 1.82) is 0 Å². The third kappa shape index (κ3) is 0.791. The molecule has 0 bridgehead atoms. The maximum atomic E-state index is 2.54. The molecule has 3 rings (SSSR count). The Morgan fingerprint density at radius 2 is 1.67 bits per heavy atom. The lowest BCUT2D eigenvalue weighted by Crippen LogP contribution is -2.19. The molecule has 0 nitrogen and oxygen atoms in total. The van der Waals surface area contributed by atoms with Gasteiger partial charge < -0.3 is 0 Å². The summed E-state index contributed by atoms with van der Waals surface area (Å²) in [6.07, 6.45) is 9.28. The van der Waals surface area contributed by atoms with Crippen molar-refractivity contribution in [1.82, 2.24) is 0 Å². The van der Waals surface area contributed by atoms with Gasteiger partial charge >= 0.3 is 0 Å². The van der Waals surface area contributed by atoms with Crippen molar-refractivity contribution in [3.8, 4) is 0 Å². The van der Waals surface area contributed by atoms with E-state index in [9.17, 15) is 0 Å². The molecular formula is C12H20. The van der Waals surface area contributed by atoms with Crippen molar-refractivity contribution >= 4 is 0 Å². The summed E-state index contributed by atoms with van der Waals surface area (Å²) in [5.74, 6) is 2.16. The van der Waals surface area contributed by atoms with E-state index in [1.165, 1.54) is 12.8 Å². The van der Waals surface area contributed by atoms with E-state index < -0.39 is 0 Å². The van der Waals surface area contributed by atoms with Crippen molar-refractivity contribution in [3.63, 3.8) is 0 Å². The van der Waals surface area contributed by atoms with Gasteiger partial charge in [-0.05, 0) is 61.2 Å². The summed E-state index contributed by atoms with van der Waals surface area (Å²) < 4.78 is 0. The first-order valence-electron chi connectivity index (χ1n) is 5.66. The summed E-state index contributed by atoms with van der Waals surface area (Å²) >= 11 is 0. The molecule has 0 N–H and O–H groups in total. The molecule has 0 aliphatic heterocycles. The molecule has 0 heterocycles. The lowest BCUT2D eigenvalue weighted by atomic mass is 9.80. The summed E-state index contributed by atoms with van der Waals surface area (Å²) in [6.45, 7) is 5.06. The van der Waals surface area contributed by atoms with Crippen molar-refractivity contribution in [2.45, 2.75) is 52.4 Å². The van der Waals surface area contributed by atoms with Crippen LogP contribution in [-0.2, 0) is 0 Å². The maximum Gasteiger partial charge on any atom is -0.0268 e. The Hall–Kier alpha value is 0. The quantitative estimate of drug-likeness (QED) is 0.555. The SMILES string of the molecule is CC1C(C2(C)CC2)CCC12CC2. The molecule has 3 fully saturated rings. The Morgan fingerprint density at radius 1 is 1.00 bits per heavy atom. The maximum absolute atomic E-state index is 2.54. The summed E-state index contributed by atoms with van der Waals surface area (Å²) in [5, 5.41) is 0. The van der Waals surface area contributed by atoms with Crippen molar-refractivity contribution < 1.29 is 0 Å². The lowest BCUT2D eigenvalue weighted by Gasteiger charge is -2.25. The van der Waals surface area contributed by atoms with Gasteiger partial charge in [0.15, 0.2) is 0 Å². The van der Waals surface area contributed by atoms with Crippen molar-refractivity contribution in [2.24, 2.45) is 22.7 Å². The largest absolute Gasteiger partial charge is 0.0617 e. The average Bonchev–Trinajstić information content (AvgIpc) is 2.88. The molecule has 3 aliphatic rings. The number of hydrogen-bond donors (Lipinski definition) is 0. The lowest BCUT2D eigenvalue weighted by molar-refractivity contribution is 0.231. The fourth-order valence-electron chi connectivity index (χ4n) is 3.73. The van der Waals surface area contributed by atoms with Crippen LogP contribution in [0.3, 0.4) is 0 Å².